The minimum atomic E-state index is -3.59. The zero-order valence-corrected chi connectivity index (χ0v) is 19.4. The molecule has 9 heteroatoms. The lowest BCUT2D eigenvalue weighted by atomic mass is 10.1. The minimum absolute atomic E-state index is 0.237. The van der Waals surface area contributed by atoms with Gasteiger partial charge in [0.2, 0.25) is 0 Å². The third-order valence-electron chi connectivity index (χ3n) is 5.32. The molecule has 1 fully saturated rings. The first kappa shape index (κ1) is 22.3. The van der Waals surface area contributed by atoms with E-state index in [1.807, 2.05) is 31.2 Å². The molecule has 0 saturated carbocycles. The molecule has 2 aromatic carbocycles. The van der Waals surface area contributed by atoms with Gasteiger partial charge in [-0.3, -0.25) is 0 Å². The maximum Gasteiger partial charge on any atom is 0.252 e. The van der Waals surface area contributed by atoms with E-state index in [4.69, 9.17) is 0 Å². The van der Waals surface area contributed by atoms with Crippen molar-refractivity contribution in [2.45, 2.75) is 22.1 Å². The summed E-state index contributed by atoms with van der Waals surface area (Å²) in [6.45, 7) is 3.10. The Kier molecular flexibility index (Phi) is 6.68. The van der Waals surface area contributed by atoms with Crippen LogP contribution in [0.2, 0.25) is 0 Å². The monoisotopic (exact) mass is 478 g/mol. The Hall–Kier alpha value is -1.91. The van der Waals surface area contributed by atoms with E-state index in [9.17, 15) is 17.4 Å². The molecule has 2 heterocycles. The third-order valence-corrected chi connectivity index (χ3v) is 10.0. The van der Waals surface area contributed by atoms with Crippen molar-refractivity contribution in [3.8, 4) is 0 Å². The Morgan fingerprint density at radius 1 is 1.10 bits per heavy atom. The first-order valence-corrected chi connectivity index (χ1v) is 13.5. The number of thiophene rings is 1. The Labute approximate surface area is 189 Å². The van der Waals surface area contributed by atoms with Crippen LogP contribution < -0.4 is 4.90 Å². The van der Waals surface area contributed by atoms with E-state index in [-0.39, 0.29) is 24.2 Å². The van der Waals surface area contributed by atoms with Gasteiger partial charge in [0.25, 0.3) is 10.0 Å². The normalized spacial score (nSPS) is 18.8. The topological polar surface area (TPSA) is 63.7 Å². The van der Waals surface area contributed by atoms with Gasteiger partial charge >= 0.3 is 0 Å². The first-order valence-electron chi connectivity index (χ1n) is 9.85. The van der Waals surface area contributed by atoms with Crippen LogP contribution >= 0.6 is 11.3 Å². The Morgan fingerprint density at radius 2 is 1.81 bits per heavy atom. The van der Waals surface area contributed by atoms with Gasteiger partial charge in [-0.1, -0.05) is 23.8 Å². The van der Waals surface area contributed by atoms with Crippen molar-refractivity contribution < 1.29 is 17.4 Å². The lowest BCUT2D eigenvalue weighted by molar-refractivity contribution is 0.343. The number of benzene rings is 2. The minimum Gasteiger partial charge on any atom is -0.611 e. The molecule has 31 heavy (non-hydrogen) atoms. The molecule has 3 aromatic rings. The third kappa shape index (κ3) is 4.96. The molecule has 2 atom stereocenters. The number of aryl methyl sites for hydroxylation is 1. The zero-order chi connectivity index (χ0) is 22.0. The van der Waals surface area contributed by atoms with Crippen molar-refractivity contribution in [2.75, 3.05) is 30.3 Å². The van der Waals surface area contributed by atoms with E-state index < -0.39 is 21.2 Å². The molecule has 0 radical (unpaired) electrons. The van der Waals surface area contributed by atoms with Crippen LogP contribution in [0, 0.1) is 12.7 Å². The van der Waals surface area contributed by atoms with E-state index in [0.29, 0.717) is 22.2 Å². The fourth-order valence-electron chi connectivity index (χ4n) is 3.66. The highest BCUT2D eigenvalue weighted by Crippen LogP contribution is 2.28. The number of nitrogens with zero attached hydrogens (tertiary/aromatic N) is 2. The van der Waals surface area contributed by atoms with Crippen molar-refractivity contribution in [1.82, 2.24) is 4.31 Å². The summed E-state index contributed by atoms with van der Waals surface area (Å²) in [5, 5.41) is 1.75. The lowest BCUT2D eigenvalue weighted by Gasteiger charge is -2.41. The fraction of sp³-hybridized carbons (Fsp3) is 0.273. The molecule has 1 saturated heterocycles. The van der Waals surface area contributed by atoms with Crippen molar-refractivity contribution >= 4 is 38.2 Å². The molecule has 1 aliphatic heterocycles. The second kappa shape index (κ2) is 9.30. The maximum atomic E-state index is 13.3. The molecule has 0 amide bonds. The largest absolute Gasteiger partial charge is 0.611 e. The molecule has 0 N–H and O–H groups in total. The van der Waals surface area contributed by atoms with Gasteiger partial charge in [-0.15, -0.1) is 11.3 Å². The van der Waals surface area contributed by atoms with Gasteiger partial charge in [-0.2, -0.15) is 4.31 Å². The van der Waals surface area contributed by atoms with Gasteiger partial charge in [-0.05, 0) is 65.9 Å². The van der Waals surface area contributed by atoms with Gasteiger partial charge in [0.1, 0.15) is 15.8 Å². The number of anilines is 1. The van der Waals surface area contributed by atoms with E-state index in [0.717, 1.165) is 11.3 Å². The number of halogens is 1. The average molecular weight is 479 g/mol. The second-order valence-corrected chi connectivity index (χ2v) is 12.1. The van der Waals surface area contributed by atoms with E-state index in [1.54, 1.807) is 17.5 Å². The molecule has 0 aliphatic carbocycles. The van der Waals surface area contributed by atoms with Crippen LogP contribution in [-0.2, 0) is 21.2 Å². The van der Waals surface area contributed by atoms with Gasteiger partial charge in [0.15, 0.2) is 4.90 Å². The number of rotatable bonds is 6. The highest BCUT2D eigenvalue weighted by atomic mass is 32.2. The van der Waals surface area contributed by atoms with Crippen LogP contribution in [0.5, 0.6) is 0 Å². The molecule has 1 aliphatic rings. The highest BCUT2D eigenvalue weighted by Gasteiger charge is 2.37. The summed E-state index contributed by atoms with van der Waals surface area (Å²) in [6.07, 6.45) is 0. The lowest BCUT2D eigenvalue weighted by Crippen LogP contribution is -2.57. The van der Waals surface area contributed by atoms with Crippen LogP contribution in [0.25, 0.3) is 0 Å². The standard InChI is InChI=1S/C22H23FN2O3S3/c1-17-4-8-19(9-5-17)25-13-12-24(31(27,28)22-3-2-14-29-22)15-20(25)16-30(26)21-10-6-18(23)7-11-21/h2-11,14,20H,12-13,15-16H2,1H3/t20-,30-/m1/s1. The van der Waals surface area contributed by atoms with Gasteiger partial charge < -0.3 is 9.45 Å². The van der Waals surface area contributed by atoms with Crippen LogP contribution in [0.1, 0.15) is 5.56 Å². The SMILES string of the molecule is Cc1ccc(N2CCN(S(=O)(=O)c3cccs3)C[C@@H]2C[S@@+]([O-])c2ccc(F)cc2)cc1. The summed E-state index contributed by atoms with van der Waals surface area (Å²) in [4.78, 5) is 2.66. The predicted octanol–water partition coefficient (Wildman–Crippen LogP) is 3.88. The van der Waals surface area contributed by atoms with Crippen molar-refractivity contribution in [3.05, 3.63) is 77.4 Å². The summed E-state index contributed by atoms with van der Waals surface area (Å²) in [6, 6.07) is 16.7. The second-order valence-electron chi connectivity index (χ2n) is 7.44. The summed E-state index contributed by atoms with van der Waals surface area (Å²) < 4.78 is 54.2. The molecule has 4 rings (SSSR count). The molecule has 164 valence electrons. The number of hydrogen-bond donors (Lipinski definition) is 0. The summed E-state index contributed by atoms with van der Waals surface area (Å²) >= 11 is -0.197. The summed E-state index contributed by atoms with van der Waals surface area (Å²) in [5.41, 5.74) is 2.11. The van der Waals surface area contributed by atoms with Crippen LogP contribution in [0.15, 0.2) is 75.1 Å². The van der Waals surface area contributed by atoms with Crippen LogP contribution in [0.4, 0.5) is 10.1 Å². The zero-order valence-electron chi connectivity index (χ0n) is 17.0. The molecule has 0 unspecified atom stereocenters. The van der Waals surface area contributed by atoms with Crippen molar-refractivity contribution in [1.29, 1.82) is 0 Å². The summed E-state index contributed by atoms with van der Waals surface area (Å²) in [7, 11) is -3.59. The van der Waals surface area contributed by atoms with Crippen molar-refractivity contribution in [2.24, 2.45) is 0 Å². The number of hydrogen-bond acceptors (Lipinski definition) is 5. The maximum absolute atomic E-state index is 13.3. The van der Waals surface area contributed by atoms with Crippen LogP contribution in [-0.4, -0.2) is 48.7 Å². The van der Waals surface area contributed by atoms with E-state index >= 15 is 0 Å². The van der Waals surface area contributed by atoms with Gasteiger partial charge in [0.05, 0.1) is 6.04 Å². The van der Waals surface area contributed by atoms with Gasteiger partial charge in [0, 0.05) is 25.3 Å². The average Bonchev–Trinajstić information content (AvgIpc) is 3.31. The molecular weight excluding hydrogens is 455 g/mol. The molecule has 0 bridgehead atoms. The summed E-state index contributed by atoms with van der Waals surface area (Å²) in [5.74, 6) is -0.136. The van der Waals surface area contributed by atoms with E-state index in [2.05, 4.69) is 4.90 Å². The quantitative estimate of drug-likeness (QED) is 0.505. The highest BCUT2D eigenvalue weighted by molar-refractivity contribution is 7.91. The van der Waals surface area contributed by atoms with Crippen LogP contribution in [0.3, 0.4) is 0 Å². The fourth-order valence-corrected chi connectivity index (χ4v) is 7.54. The Bertz CT molecular complexity index is 1100. The van der Waals surface area contributed by atoms with Crippen molar-refractivity contribution in [3.63, 3.8) is 0 Å². The smallest absolute Gasteiger partial charge is 0.252 e. The molecule has 5 nitrogen and oxygen atoms in total. The number of piperazine rings is 1. The Morgan fingerprint density at radius 3 is 2.45 bits per heavy atom. The van der Waals surface area contributed by atoms with Gasteiger partial charge in [-0.25, -0.2) is 12.8 Å². The first-order chi connectivity index (χ1) is 14.8. The predicted molar refractivity (Wildman–Crippen MR) is 123 cm³/mol. The molecular formula is C22H23FN2O3S3. The Balaban J connectivity index is 1.60. The number of sulfonamides is 1. The molecule has 0 spiro atoms. The molecule has 1 aromatic heterocycles. The van der Waals surface area contributed by atoms with E-state index in [1.165, 1.54) is 39.9 Å².